The third-order valence-electron chi connectivity index (χ3n) is 4.88. The Morgan fingerprint density at radius 1 is 1.04 bits per heavy atom. The monoisotopic (exact) mass is 365 g/mol. The molecule has 2 aromatic heterocycles. The number of piperazine rings is 1. The molecule has 1 amide bonds. The van der Waals surface area contributed by atoms with Crippen LogP contribution in [0, 0.1) is 0 Å². The number of nitrogens with zero attached hydrogens (tertiary/aromatic N) is 7. The Labute approximate surface area is 158 Å². The van der Waals surface area contributed by atoms with Gasteiger partial charge in [-0.2, -0.15) is 5.10 Å². The van der Waals surface area contributed by atoms with Crippen molar-refractivity contribution in [2.24, 2.45) is 7.05 Å². The summed E-state index contributed by atoms with van der Waals surface area (Å²) in [6.45, 7) is 2.89. The summed E-state index contributed by atoms with van der Waals surface area (Å²) in [6, 6.07) is 10.3. The number of para-hydroxylation sites is 1. The van der Waals surface area contributed by atoms with E-state index in [4.69, 9.17) is 0 Å². The first-order valence-corrected chi connectivity index (χ1v) is 9.01. The zero-order chi connectivity index (χ0) is 19.0. The van der Waals surface area contributed by atoms with Crippen LogP contribution < -0.4 is 9.80 Å². The summed E-state index contributed by atoms with van der Waals surface area (Å²) >= 11 is 0. The Morgan fingerprint density at radius 3 is 2.41 bits per heavy atom. The van der Waals surface area contributed by atoms with E-state index in [1.54, 1.807) is 10.9 Å². The Kier molecular flexibility index (Phi) is 4.39. The second-order valence-corrected chi connectivity index (χ2v) is 6.89. The molecule has 0 saturated carbocycles. The van der Waals surface area contributed by atoms with Gasteiger partial charge in [0.2, 0.25) is 5.82 Å². The second-order valence-electron chi connectivity index (χ2n) is 6.89. The first-order valence-electron chi connectivity index (χ1n) is 9.01. The molecule has 0 radical (unpaired) electrons. The van der Waals surface area contributed by atoms with Gasteiger partial charge in [-0.3, -0.25) is 9.48 Å². The van der Waals surface area contributed by atoms with Crippen molar-refractivity contribution in [3.05, 3.63) is 42.4 Å². The van der Waals surface area contributed by atoms with Crippen LogP contribution in [0.5, 0.6) is 0 Å². The molecule has 8 nitrogen and oxygen atoms in total. The molecule has 1 saturated heterocycles. The number of carbonyl (C=O) groups is 1. The number of carbonyl (C=O) groups excluding carboxylic acids is 1. The molecule has 3 heterocycles. The standard InChI is InChI=1S/C19H23N7O/c1-23(2)17-15-13-20-24(3)18(15)22-16(21-17)19(27)26-11-9-25(10-12-26)14-7-5-4-6-8-14/h4-8,13H,9-12H2,1-3H3. The molecule has 1 aromatic carbocycles. The third kappa shape index (κ3) is 3.18. The van der Waals surface area contributed by atoms with Crippen molar-refractivity contribution in [2.45, 2.75) is 0 Å². The van der Waals surface area contributed by atoms with Crippen LogP contribution >= 0.6 is 0 Å². The van der Waals surface area contributed by atoms with Crippen LogP contribution in [0.15, 0.2) is 36.5 Å². The molecule has 0 bridgehead atoms. The van der Waals surface area contributed by atoms with Crippen molar-refractivity contribution in [3.63, 3.8) is 0 Å². The molecule has 1 aliphatic rings. The molecule has 0 atom stereocenters. The van der Waals surface area contributed by atoms with Crippen molar-refractivity contribution in [1.82, 2.24) is 24.6 Å². The average Bonchev–Trinajstić information content (AvgIpc) is 3.08. The van der Waals surface area contributed by atoms with Crippen LogP contribution in [0.1, 0.15) is 10.6 Å². The van der Waals surface area contributed by atoms with Crippen molar-refractivity contribution in [3.8, 4) is 0 Å². The average molecular weight is 365 g/mol. The van der Waals surface area contributed by atoms with Gasteiger partial charge in [0.1, 0.15) is 5.82 Å². The number of benzene rings is 1. The van der Waals surface area contributed by atoms with E-state index >= 15 is 0 Å². The topological polar surface area (TPSA) is 70.4 Å². The maximum atomic E-state index is 13.0. The molecule has 0 spiro atoms. The van der Waals surface area contributed by atoms with Crippen LogP contribution in [0.4, 0.5) is 11.5 Å². The molecule has 8 heteroatoms. The van der Waals surface area contributed by atoms with Crippen molar-refractivity contribution in [1.29, 1.82) is 0 Å². The number of fused-ring (bicyclic) bond motifs is 1. The summed E-state index contributed by atoms with van der Waals surface area (Å²) in [7, 11) is 5.63. The molecule has 140 valence electrons. The predicted octanol–water partition coefficient (Wildman–Crippen LogP) is 1.39. The number of hydrogen-bond donors (Lipinski definition) is 0. The van der Waals surface area contributed by atoms with E-state index in [1.807, 2.05) is 49.1 Å². The zero-order valence-electron chi connectivity index (χ0n) is 15.8. The first-order chi connectivity index (χ1) is 13.0. The first kappa shape index (κ1) is 17.3. The normalized spacial score (nSPS) is 14.6. The zero-order valence-corrected chi connectivity index (χ0v) is 15.8. The van der Waals surface area contributed by atoms with Gasteiger partial charge in [-0.25, -0.2) is 9.97 Å². The highest BCUT2D eigenvalue weighted by atomic mass is 16.2. The fourth-order valence-corrected chi connectivity index (χ4v) is 3.39. The van der Waals surface area contributed by atoms with Gasteiger partial charge >= 0.3 is 0 Å². The number of aromatic nitrogens is 4. The minimum absolute atomic E-state index is 0.131. The Morgan fingerprint density at radius 2 is 1.74 bits per heavy atom. The minimum atomic E-state index is -0.131. The van der Waals surface area contributed by atoms with E-state index in [0.29, 0.717) is 24.6 Å². The van der Waals surface area contributed by atoms with Crippen LogP contribution in [-0.4, -0.2) is 70.8 Å². The highest BCUT2D eigenvalue weighted by molar-refractivity contribution is 5.95. The largest absolute Gasteiger partial charge is 0.368 e. The molecule has 0 N–H and O–H groups in total. The van der Waals surface area contributed by atoms with Crippen LogP contribution in [0.3, 0.4) is 0 Å². The van der Waals surface area contributed by atoms with E-state index < -0.39 is 0 Å². The summed E-state index contributed by atoms with van der Waals surface area (Å²) in [5.74, 6) is 0.802. The lowest BCUT2D eigenvalue weighted by atomic mass is 10.2. The van der Waals surface area contributed by atoms with E-state index in [0.717, 1.165) is 18.5 Å². The Bertz CT molecular complexity index is 959. The number of anilines is 2. The maximum absolute atomic E-state index is 13.0. The molecular weight excluding hydrogens is 342 g/mol. The van der Waals surface area contributed by atoms with Gasteiger partial charge in [-0.1, -0.05) is 18.2 Å². The van der Waals surface area contributed by atoms with Crippen molar-refractivity contribution in [2.75, 3.05) is 50.1 Å². The summed E-state index contributed by atoms with van der Waals surface area (Å²) < 4.78 is 1.67. The van der Waals surface area contributed by atoms with Crippen LogP contribution in [-0.2, 0) is 7.05 Å². The lowest BCUT2D eigenvalue weighted by Crippen LogP contribution is -2.49. The lowest BCUT2D eigenvalue weighted by Gasteiger charge is -2.35. The van der Waals surface area contributed by atoms with E-state index in [2.05, 4.69) is 32.1 Å². The highest BCUT2D eigenvalue weighted by Crippen LogP contribution is 2.23. The van der Waals surface area contributed by atoms with Gasteiger partial charge in [0.15, 0.2) is 5.65 Å². The van der Waals surface area contributed by atoms with Crippen molar-refractivity contribution >= 4 is 28.4 Å². The van der Waals surface area contributed by atoms with Gasteiger partial charge < -0.3 is 14.7 Å². The fraction of sp³-hybridized carbons (Fsp3) is 0.368. The number of amides is 1. The third-order valence-corrected chi connectivity index (χ3v) is 4.88. The molecule has 0 unspecified atom stereocenters. The van der Waals surface area contributed by atoms with Gasteiger partial charge in [-0.15, -0.1) is 0 Å². The highest BCUT2D eigenvalue weighted by Gasteiger charge is 2.26. The summed E-state index contributed by atoms with van der Waals surface area (Å²) in [5.41, 5.74) is 1.85. The fourth-order valence-electron chi connectivity index (χ4n) is 3.39. The minimum Gasteiger partial charge on any atom is -0.368 e. The Hall–Kier alpha value is -3.16. The molecule has 4 rings (SSSR count). The summed E-state index contributed by atoms with van der Waals surface area (Å²) in [6.07, 6.45) is 1.73. The van der Waals surface area contributed by atoms with E-state index in [-0.39, 0.29) is 11.7 Å². The van der Waals surface area contributed by atoms with E-state index in [1.165, 1.54) is 5.69 Å². The molecule has 27 heavy (non-hydrogen) atoms. The predicted molar refractivity (Wildman–Crippen MR) is 105 cm³/mol. The van der Waals surface area contributed by atoms with E-state index in [9.17, 15) is 4.79 Å². The second kappa shape index (κ2) is 6.86. The van der Waals surface area contributed by atoms with Gasteiger partial charge in [0.05, 0.1) is 11.6 Å². The Balaban J connectivity index is 1.56. The van der Waals surface area contributed by atoms with Crippen LogP contribution in [0.25, 0.3) is 11.0 Å². The molecule has 3 aromatic rings. The maximum Gasteiger partial charge on any atom is 0.291 e. The number of rotatable bonds is 3. The molecule has 1 fully saturated rings. The molecular formula is C19H23N7O. The SMILES string of the molecule is CN(C)c1nc(C(=O)N2CCN(c3ccccc3)CC2)nc2c1cnn2C. The van der Waals surface area contributed by atoms with Gasteiger partial charge in [0.25, 0.3) is 5.91 Å². The van der Waals surface area contributed by atoms with Gasteiger partial charge in [0, 0.05) is 53.0 Å². The smallest absolute Gasteiger partial charge is 0.291 e. The quantitative estimate of drug-likeness (QED) is 0.699. The van der Waals surface area contributed by atoms with Crippen LogP contribution in [0.2, 0.25) is 0 Å². The van der Waals surface area contributed by atoms with Crippen molar-refractivity contribution < 1.29 is 4.79 Å². The number of aryl methyl sites for hydroxylation is 1. The summed E-state index contributed by atoms with van der Waals surface area (Å²) in [5, 5.41) is 5.09. The molecule has 1 aliphatic heterocycles. The number of hydrogen-bond acceptors (Lipinski definition) is 6. The lowest BCUT2D eigenvalue weighted by molar-refractivity contribution is 0.0735. The summed E-state index contributed by atoms with van der Waals surface area (Å²) in [4.78, 5) is 28.0. The van der Waals surface area contributed by atoms with Gasteiger partial charge in [-0.05, 0) is 12.1 Å². The molecule has 0 aliphatic carbocycles.